The molecule has 0 spiro atoms. The van der Waals surface area contributed by atoms with E-state index in [9.17, 15) is 24.5 Å². The van der Waals surface area contributed by atoms with Crippen molar-refractivity contribution in [3.05, 3.63) is 67.1 Å². The SMILES string of the molecule is CC1(c2ccc(Cl)cc2Cl)NC(=O)N(CC(=O)Nc2ccc(Cl)cc2[N+](=O)[O-])C1=O. The number of nitro groups is 1. The lowest BCUT2D eigenvalue weighted by atomic mass is 9.92. The van der Waals surface area contributed by atoms with Gasteiger partial charge < -0.3 is 10.6 Å². The van der Waals surface area contributed by atoms with Crippen LogP contribution in [-0.4, -0.2) is 34.2 Å². The Labute approximate surface area is 185 Å². The van der Waals surface area contributed by atoms with Crippen molar-refractivity contribution in [3.8, 4) is 0 Å². The Kier molecular flexibility index (Phi) is 5.89. The molecule has 9 nitrogen and oxygen atoms in total. The van der Waals surface area contributed by atoms with Gasteiger partial charge in [-0.2, -0.15) is 0 Å². The second-order valence-corrected chi connectivity index (χ2v) is 7.82. The van der Waals surface area contributed by atoms with Gasteiger partial charge in [-0.15, -0.1) is 0 Å². The molecule has 3 rings (SSSR count). The van der Waals surface area contributed by atoms with Gasteiger partial charge in [-0.1, -0.05) is 40.9 Å². The molecule has 1 aliphatic rings. The summed E-state index contributed by atoms with van der Waals surface area (Å²) in [5.74, 6) is -1.52. The van der Waals surface area contributed by atoms with E-state index in [-0.39, 0.29) is 15.7 Å². The molecule has 1 atom stereocenters. The first kappa shape index (κ1) is 21.8. The average molecular weight is 472 g/mol. The first-order valence-electron chi connectivity index (χ1n) is 8.36. The van der Waals surface area contributed by atoms with Crippen LogP contribution in [0.1, 0.15) is 12.5 Å². The van der Waals surface area contributed by atoms with E-state index in [1.165, 1.54) is 37.3 Å². The maximum absolute atomic E-state index is 12.9. The number of amides is 4. The van der Waals surface area contributed by atoms with E-state index in [0.29, 0.717) is 15.5 Å². The lowest BCUT2D eigenvalue weighted by Gasteiger charge is -2.23. The van der Waals surface area contributed by atoms with Crippen LogP contribution in [0, 0.1) is 10.1 Å². The van der Waals surface area contributed by atoms with Crippen LogP contribution in [0.25, 0.3) is 0 Å². The number of hydrogen-bond acceptors (Lipinski definition) is 5. The lowest BCUT2D eigenvalue weighted by Crippen LogP contribution is -2.42. The summed E-state index contributed by atoms with van der Waals surface area (Å²) in [5, 5.41) is 16.6. The molecule has 4 amide bonds. The topological polar surface area (TPSA) is 122 Å². The third-order valence-electron chi connectivity index (χ3n) is 4.48. The number of anilines is 1. The van der Waals surface area contributed by atoms with Crippen molar-refractivity contribution in [2.24, 2.45) is 0 Å². The first-order valence-corrected chi connectivity index (χ1v) is 9.50. The summed E-state index contributed by atoms with van der Waals surface area (Å²) in [5.41, 5.74) is -1.75. The largest absolute Gasteiger partial charge is 0.325 e. The summed E-state index contributed by atoms with van der Waals surface area (Å²) in [4.78, 5) is 48.8. The summed E-state index contributed by atoms with van der Waals surface area (Å²) < 4.78 is 0. The lowest BCUT2D eigenvalue weighted by molar-refractivity contribution is -0.383. The third kappa shape index (κ3) is 4.04. The minimum Gasteiger partial charge on any atom is -0.319 e. The van der Waals surface area contributed by atoms with E-state index >= 15 is 0 Å². The van der Waals surface area contributed by atoms with E-state index < -0.39 is 40.5 Å². The summed E-state index contributed by atoms with van der Waals surface area (Å²) in [6, 6.07) is 7.32. The summed E-state index contributed by atoms with van der Waals surface area (Å²) in [6.07, 6.45) is 0. The van der Waals surface area contributed by atoms with Crippen LogP contribution in [-0.2, 0) is 15.1 Å². The molecule has 0 radical (unpaired) electrons. The zero-order valence-electron chi connectivity index (χ0n) is 15.2. The zero-order chi connectivity index (χ0) is 22.2. The second kappa shape index (κ2) is 8.10. The molecule has 1 aliphatic heterocycles. The van der Waals surface area contributed by atoms with Gasteiger partial charge in [-0.05, 0) is 31.2 Å². The van der Waals surface area contributed by atoms with E-state index in [1.54, 1.807) is 0 Å². The summed E-state index contributed by atoms with van der Waals surface area (Å²) in [6.45, 7) is 0.787. The van der Waals surface area contributed by atoms with Gasteiger partial charge in [-0.3, -0.25) is 24.6 Å². The highest BCUT2D eigenvalue weighted by molar-refractivity contribution is 6.35. The number of urea groups is 1. The molecule has 0 bridgehead atoms. The fourth-order valence-corrected chi connectivity index (χ4v) is 3.78. The second-order valence-electron chi connectivity index (χ2n) is 6.54. The monoisotopic (exact) mass is 470 g/mol. The molecule has 30 heavy (non-hydrogen) atoms. The minimum atomic E-state index is -1.51. The number of imide groups is 1. The highest BCUT2D eigenvalue weighted by Crippen LogP contribution is 2.35. The fraction of sp³-hybridized carbons (Fsp3) is 0.167. The van der Waals surface area contributed by atoms with Crippen molar-refractivity contribution in [2.75, 3.05) is 11.9 Å². The van der Waals surface area contributed by atoms with E-state index in [0.717, 1.165) is 6.07 Å². The number of benzene rings is 2. The number of hydrogen-bond donors (Lipinski definition) is 2. The van der Waals surface area contributed by atoms with E-state index in [1.807, 2.05) is 0 Å². The quantitative estimate of drug-likeness (QED) is 0.388. The predicted octanol–water partition coefficient (Wildman–Crippen LogP) is 3.96. The highest BCUT2D eigenvalue weighted by atomic mass is 35.5. The maximum Gasteiger partial charge on any atom is 0.325 e. The van der Waals surface area contributed by atoms with Crippen molar-refractivity contribution in [2.45, 2.75) is 12.5 Å². The van der Waals surface area contributed by atoms with Gasteiger partial charge in [0, 0.05) is 26.7 Å². The minimum absolute atomic E-state index is 0.115. The molecule has 0 aliphatic carbocycles. The molecule has 1 saturated heterocycles. The third-order valence-corrected chi connectivity index (χ3v) is 5.26. The predicted molar refractivity (Wildman–Crippen MR) is 111 cm³/mol. The normalized spacial score (nSPS) is 18.3. The van der Waals surface area contributed by atoms with Crippen LogP contribution in [0.2, 0.25) is 15.1 Å². The van der Waals surface area contributed by atoms with Crippen molar-refractivity contribution in [1.29, 1.82) is 0 Å². The van der Waals surface area contributed by atoms with Gasteiger partial charge in [0.2, 0.25) is 5.91 Å². The van der Waals surface area contributed by atoms with Gasteiger partial charge in [0.15, 0.2) is 0 Å². The number of carbonyl (C=O) groups excluding carboxylic acids is 3. The molecule has 0 saturated carbocycles. The molecule has 156 valence electrons. The number of rotatable bonds is 5. The molecule has 2 aromatic rings. The summed E-state index contributed by atoms with van der Waals surface area (Å²) in [7, 11) is 0. The average Bonchev–Trinajstić information content (AvgIpc) is 2.86. The van der Waals surface area contributed by atoms with Gasteiger partial charge in [0.25, 0.3) is 11.6 Å². The number of nitrogens with zero attached hydrogens (tertiary/aromatic N) is 2. The van der Waals surface area contributed by atoms with Crippen LogP contribution < -0.4 is 10.6 Å². The Morgan fingerprint density at radius 1 is 1.17 bits per heavy atom. The standard InChI is InChI=1S/C18H13Cl3N4O5/c1-18(11-4-2-9(19)6-12(11)21)16(27)24(17(28)23-18)8-15(26)22-13-5-3-10(20)7-14(13)25(29)30/h2-7H,8H2,1H3,(H,22,26)(H,23,28). The van der Waals surface area contributed by atoms with Crippen LogP contribution in [0.5, 0.6) is 0 Å². The smallest absolute Gasteiger partial charge is 0.319 e. The Hall–Kier alpha value is -2.88. The Balaban J connectivity index is 1.81. The Morgan fingerprint density at radius 2 is 1.80 bits per heavy atom. The van der Waals surface area contributed by atoms with Gasteiger partial charge in [-0.25, -0.2) is 4.79 Å². The van der Waals surface area contributed by atoms with Crippen molar-refractivity contribution in [3.63, 3.8) is 0 Å². The first-order chi connectivity index (χ1) is 14.0. The van der Waals surface area contributed by atoms with Crippen molar-refractivity contribution in [1.82, 2.24) is 10.2 Å². The van der Waals surface area contributed by atoms with Gasteiger partial charge in [0.05, 0.1) is 4.92 Å². The number of nitrogens with one attached hydrogen (secondary N) is 2. The van der Waals surface area contributed by atoms with Gasteiger partial charge in [0.1, 0.15) is 17.8 Å². The molecule has 1 fully saturated rings. The van der Waals surface area contributed by atoms with Gasteiger partial charge >= 0.3 is 6.03 Å². The Bertz CT molecular complexity index is 1090. The molecular weight excluding hydrogens is 459 g/mol. The molecule has 1 unspecified atom stereocenters. The highest BCUT2D eigenvalue weighted by Gasteiger charge is 2.50. The number of halogens is 3. The molecule has 1 heterocycles. The number of nitro benzene ring substituents is 1. The van der Waals surface area contributed by atoms with E-state index in [2.05, 4.69) is 10.6 Å². The summed E-state index contributed by atoms with van der Waals surface area (Å²) >= 11 is 17.8. The van der Waals surface area contributed by atoms with Crippen molar-refractivity contribution >= 4 is 64.0 Å². The van der Waals surface area contributed by atoms with Crippen LogP contribution in [0.3, 0.4) is 0 Å². The fourth-order valence-electron chi connectivity index (χ4n) is 3.01. The molecule has 0 aromatic heterocycles. The molecule has 12 heteroatoms. The molecular formula is C18H13Cl3N4O5. The zero-order valence-corrected chi connectivity index (χ0v) is 17.5. The maximum atomic E-state index is 12.9. The molecule has 2 aromatic carbocycles. The number of carbonyl (C=O) groups is 3. The van der Waals surface area contributed by atoms with Crippen LogP contribution >= 0.6 is 34.8 Å². The van der Waals surface area contributed by atoms with Crippen molar-refractivity contribution < 1.29 is 19.3 Å². The van der Waals surface area contributed by atoms with Crippen LogP contribution in [0.15, 0.2) is 36.4 Å². The van der Waals surface area contributed by atoms with Crippen LogP contribution in [0.4, 0.5) is 16.2 Å². The van der Waals surface area contributed by atoms with E-state index in [4.69, 9.17) is 34.8 Å². The Morgan fingerprint density at radius 3 is 2.43 bits per heavy atom. The molecule has 2 N–H and O–H groups in total.